The van der Waals surface area contributed by atoms with Crippen LogP contribution in [0.25, 0.3) is 11.2 Å². The van der Waals surface area contributed by atoms with E-state index in [0.717, 1.165) is 11.6 Å². The van der Waals surface area contributed by atoms with Crippen LogP contribution in [0.3, 0.4) is 0 Å². The second kappa shape index (κ2) is 7.24. The van der Waals surface area contributed by atoms with Crippen molar-refractivity contribution in [2.45, 2.75) is 13.0 Å². The lowest BCUT2D eigenvalue weighted by Gasteiger charge is -2.10. The van der Waals surface area contributed by atoms with E-state index in [9.17, 15) is 8.78 Å². The minimum atomic E-state index is -0.813. The van der Waals surface area contributed by atoms with Crippen molar-refractivity contribution in [1.29, 1.82) is 0 Å². The molecule has 0 bridgehead atoms. The second-order valence-corrected chi connectivity index (χ2v) is 6.21. The molecule has 27 heavy (non-hydrogen) atoms. The van der Waals surface area contributed by atoms with Gasteiger partial charge in [0.25, 0.3) is 0 Å². The summed E-state index contributed by atoms with van der Waals surface area (Å²) in [4.78, 5) is 19.8. The molecular weight excluding hydrogens is 374 g/mol. The van der Waals surface area contributed by atoms with E-state index in [1.54, 1.807) is 12.4 Å². The molecule has 4 rings (SSSR count). The fraction of sp³-hybridized carbons (Fsp3) is 0.111. The Labute approximate surface area is 157 Å². The van der Waals surface area contributed by atoms with Crippen LogP contribution in [0.1, 0.15) is 17.0 Å². The highest BCUT2D eigenvalue weighted by atomic mass is 35.5. The third kappa shape index (κ3) is 3.56. The van der Waals surface area contributed by atoms with Gasteiger partial charge in [0.05, 0.1) is 11.3 Å². The molecule has 0 radical (unpaired) electrons. The van der Waals surface area contributed by atoms with Gasteiger partial charge in [0, 0.05) is 30.9 Å². The number of benzene rings is 1. The average molecular weight is 387 g/mol. The van der Waals surface area contributed by atoms with Gasteiger partial charge in [-0.25, -0.2) is 23.7 Å². The van der Waals surface area contributed by atoms with Crippen molar-refractivity contribution in [2.75, 3.05) is 5.32 Å². The maximum Gasteiger partial charge on any atom is 0.183 e. The van der Waals surface area contributed by atoms with Crippen molar-refractivity contribution >= 4 is 28.6 Å². The Morgan fingerprint density at radius 3 is 2.85 bits per heavy atom. The first kappa shape index (κ1) is 17.3. The van der Waals surface area contributed by atoms with Crippen LogP contribution < -0.4 is 5.32 Å². The van der Waals surface area contributed by atoms with Gasteiger partial charge in [-0.2, -0.15) is 0 Å². The maximum atomic E-state index is 14.2. The fourth-order valence-corrected chi connectivity index (χ4v) is 2.84. The summed E-state index contributed by atoms with van der Waals surface area (Å²) in [7, 11) is 0. The van der Waals surface area contributed by atoms with Crippen molar-refractivity contribution < 1.29 is 8.78 Å². The molecule has 0 spiro atoms. The zero-order valence-electron chi connectivity index (χ0n) is 13.9. The highest BCUT2D eigenvalue weighted by Gasteiger charge is 2.17. The molecule has 1 aromatic carbocycles. The van der Waals surface area contributed by atoms with E-state index < -0.39 is 11.6 Å². The standard InChI is InChI=1S/C18H13ClF2N6/c19-12-3-4-13(20)11(15(12)21)6-14-26-17(16-18(27-14)25-9-24-16)23-8-10-2-1-5-22-7-10/h1-5,7,9H,6,8H2,(H2,23,24,25,26,27). The van der Waals surface area contributed by atoms with E-state index in [1.165, 1.54) is 12.4 Å². The first-order chi connectivity index (χ1) is 13.1. The van der Waals surface area contributed by atoms with Gasteiger partial charge in [-0.05, 0) is 23.8 Å². The van der Waals surface area contributed by atoms with Gasteiger partial charge in [-0.15, -0.1) is 0 Å². The minimum Gasteiger partial charge on any atom is -0.364 e. The molecule has 3 heterocycles. The first-order valence-electron chi connectivity index (χ1n) is 8.07. The summed E-state index contributed by atoms with van der Waals surface area (Å²) >= 11 is 5.76. The van der Waals surface area contributed by atoms with Crippen molar-refractivity contribution in [3.63, 3.8) is 0 Å². The second-order valence-electron chi connectivity index (χ2n) is 5.80. The van der Waals surface area contributed by atoms with Gasteiger partial charge in [-0.1, -0.05) is 17.7 Å². The summed E-state index contributed by atoms with van der Waals surface area (Å²) in [5, 5.41) is 3.03. The molecule has 0 aliphatic carbocycles. The number of fused-ring (bicyclic) bond motifs is 1. The lowest BCUT2D eigenvalue weighted by molar-refractivity contribution is 0.559. The Hall–Kier alpha value is -3.13. The van der Waals surface area contributed by atoms with E-state index in [4.69, 9.17) is 11.6 Å². The summed E-state index contributed by atoms with van der Waals surface area (Å²) < 4.78 is 28.2. The minimum absolute atomic E-state index is 0.150. The third-order valence-corrected chi connectivity index (χ3v) is 4.28. The first-order valence-corrected chi connectivity index (χ1v) is 8.45. The zero-order valence-corrected chi connectivity index (χ0v) is 14.6. The monoisotopic (exact) mass is 386 g/mol. The number of aromatic nitrogens is 5. The molecule has 6 nitrogen and oxygen atoms in total. The lowest BCUT2D eigenvalue weighted by atomic mass is 10.1. The van der Waals surface area contributed by atoms with Crippen molar-refractivity contribution in [3.8, 4) is 0 Å². The van der Waals surface area contributed by atoms with E-state index in [2.05, 4.69) is 30.2 Å². The number of hydrogen-bond donors (Lipinski definition) is 2. The number of rotatable bonds is 5. The smallest absolute Gasteiger partial charge is 0.183 e. The molecule has 0 atom stereocenters. The molecular formula is C18H13ClF2N6. The number of anilines is 1. The maximum absolute atomic E-state index is 14.2. The third-order valence-electron chi connectivity index (χ3n) is 3.99. The molecule has 3 aromatic heterocycles. The highest BCUT2D eigenvalue weighted by Crippen LogP contribution is 2.24. The van der Waals surface area contributed by atoms with Crippen LogP contribution in [0.4, 0.5) is 14.6 Å². The van der Waals surface area contributed by atoms with Gasteiger partial charge in [-0.3, -0.25) is 4.98 Å². The summed E-state index contributed by atoms with van der Waals surface area (Å²) in [5.41, 5.74) is 1.78. The van der Waals surface area contributed by atoms with Gasteiger partial charge in [0.2, 0.25) is 0 Å². The fourth-order valence-electron chi connectivity index (χ4n) is 2.66. The molecule has 0 saturated carbocycles. The predicted octanol–water partition coefficient (Wildman–Crippen LogP) is 3.88. The largest absolute Gasteiger partial charge is 0.364 e. The topological polar surface area (TPSA) is 79.4 Å². The number of hydrogen-bond acceptors (Lipinski definition) is 5. The van der Waals surface area contributed by atoms with E-state index in [-0.39, 0.29) is 22.8 Å². The lowest BCUT2D eigenvalue weighted by Crippen LogP contribution is -2.08. The van der Waals surface area contributed by atoms with Gasteiger partial charge < -0.3 is 10.3 Å². The van der Waals surface area contributed by atoms with Crippen LogP contribution in [-0.2, 0) is 13.0 Å². The normalized spacial score (nSPS) is 11.1. The molecule has 0 fully saturated rings. The zero-order chi connectivity index (χ0) is 18.8. The number of H-pyrrole nitrogens is 1. The van der Waals surface area contributed by atoms with Crippen LogP contribution in [-0.4, -0.2) is 24.9 Å². The summed E-state index contributed by atoms with van der Waals surface area (Å²) in [5.74, 6) is -0.803. The Bertz CT molecular complexity index is 1100. The Morgan fingerprint density at radius 1 is 1.15 bits per heavy atom. The Kier molecular flexibility index (Phi) is 4.64. The van der Waals surface area contributed by atoms with Gasteiger partial charge >= 0.3 is 0 Å². The SMILES string of the molecule is Fc1ccc(Cl)c(F)c1Cc1nc(NCc2cccnc2)c2[nH]cnc2n1. The molecule has 0 unspecified atom stereocenters. The number of imidazole rings is 1. The molecule has 0 aliphatic rings. The van der Waals surface area contributed by atoms with Crippen molar-refractivity contribution in [1.82, 2.24) is 24.9 Å². The molecule has 0 amide bonds. The summed E-state index contributed by atoms with van der Waals surface area (Å²) in [6.45, 7) is 0.471. The van der Waals surface area contributed by atoms with Gasteiger partial charge in [0.1, 0.15) is 23.0 Å². The number of pyridine rings is 1. The van der Waals surface area contributed by atoms with Crippen molar-refractivity contribution in [3.05, 3.63) is 76.6 Å². The van der Waals surface area contributed by atoms with E-state index in [1.807, 2.05) is 12.1 Å². The van der Waals surface area contributed by atoms with Gasteiger partial charge in [0.15, 0.2) is 11.5 Å². The van der Waals surface area contributed by atoms with Crippen LogP contribution in [0.15, 0.2) is 43.0 Å². The number of nitrogens with one attached hydrogen (secondary N) is 2. The Morgan fingerprint density at radius 2 is 2.04 bits per heavy atom. The number of nitrogens with zero attached hydrogens (tertiary/aromatic N) is 4. The number of aromatic amines is 1. The highest BCUT2D eigenvalue weighted by molar-refractivity contribution is 6.30. The molecule has 0 aliphatic heterocycles. The summed E-state index contributed by atoms with van der Waals surface area (Å²) in [6.07, 6.45) is 4.75. The quantitative estimate of drug-likeness (QED) is 0.509. The average Bonchev–Trinajstić information content (AvgIpc) is 3.16. The summed E-state index contributed by atoms with van der Waals surface area (Å²) in [6, 6.07) is 6.05. The van der Waals surface area contributed by atoms with E-state index in [0.29, 0.717) is 23.5 Å². The number of halogens is 3. The molecule has 2 N–H and O–H groups in total. The van der Waals surface area contributed by atoms with Crippen molar-refractivity contribution in [2.24, 2.45) is 0 Å². The van der Waals surface area contributed by atoms with Crippen LogP contribution in [0, 0.1) is 11.6 Å². The molecule has 136 valence electrons. The molecule has 0 saturated heterocycles. The predicted molar refractivity (Wildman–Crippen MR) is 97.4 cm³/mol. The Balaban J connectivity index is 1.67. The van der Waals surface area contributed by atoms with Crippen LogP contribution in [0.5, 0.6) is 0 Å². The van der Waals surface area contributed by atoms with Crippen LogP contribution >= 0.6 is 11.6 Å². The molecule has 4 aromatic rings. The van der Waals surface area contributed by atoms with E-state index >= 15 is 0 Å². The van der Waals surface area contributed by atoms with Crippen LogP contribution in [0.2, 0.25) is 5.02 Å². The molecule has 9 heteroatoms.